The Morgan fingerprint density at radius 1 is 0.474 bits per heavy atom. The summed E-state index contributed by atoms with van der Waals surface area (Å²) < 4.78 is 80.3. The summed E-state index contributed by atoms with van der Waals surface area (Å²) in [5.41, 5.74) is 3.62. The van der Waals surface area contributed by atoms with Crippen molar-refractivity contribution in [3.63, 3.8) is 0 Å². The summed E-state index contributed by atoms with van der Waals surface area (Å²) in [4.78, 5) is 0. The Balaban J connectivity index is 0.000000146. The third kappa shape index (κ3) is 19.2. The number of benzene rings is 2. The van der Waals surface area contributed by atoms with Crippen molar-refractivity contribution in [2.24, 2.45) is 17.8 Å². The molecule has 0 radical (unpaired) electrons. The lowest BCUT2D eigenvalue weighted by Gasteiger charge is -2.23. The molecule has 2 aromatic carbocycles. The maximum absolute atomic E-state index is 5.84. The van der Waals surface area contributed by atoms with Gasteiger partial charge in [0.15, 0.2) is 23.5 Å². The van der Waals surface area contributed by atoms with Gasteiger partial charge in [0.05, 0.1) is 66.1 Å². The van der Waals surface area contributed by atoms with Crippen molar-refractivity contribution in [2.45, 2.75) is 115 Å². The zero-order chi connectivity index (χ0) is 53.9. The van der Waals surface area contributed by atoms with Gasteiger partial charge in [-0.05, 0) is 88.3 Å². The second kappa shape index (κ2) is 31.6. The summed E-state index contributed by atoms with van der Waals surface area (Å²) >= 11 is 0. The van der Waals surface area contributed by atoms with E-state index < -0.39 is 0 Å². The molecule has 7 aliphatic heterocycles. The topological polar surface area (TPSA) is 138 Å². The maximum Gasteiger partial charge on any atom is 0.279 e. The number of rotatable bonds is 5. The van der Waals surface area contributed by atoms with Crippen molar-refractivity contribution < 1.29 is 71.1 Å². The summed E-state index contributed by atoms with van der Waals surface area (Å²) in [6.07, 6.45) is 21.6. The van der Waals surface area contributed by atoms with Crippen LogP contribution >= 0.6 is 0 Å². The molecular weight excluding hydrogens is 973 g/mol. The Bertz CT molecular complexity index is 2120. The lowest BCUT2D eigenvalue weighted by molar-refractivity contribution is -0.207. The van der Waals surface area contributed by atoms with Crippen LogP contribution in [0.5, 0.6) is 0 Å². The van der Waals surface area contributed by atoms with Crippen molar-refractivity contribution in [3.8, 4) is 0 Å². The quantitative estimate of drug-likeness (QED) is 0.262. The third-order valence-electron chi connectivity index (χ3n) is 13.2. The van der Waals surface area contributed by atoms with Gasteiger partial charge >= 0.3 is 0 Å². The first-order valence-corrected chi connectivity index (χ1v) is 27.0. The molecule has 12 rings (SSSR count). The maximum atomic E-state index is 5.84. The first-order valence-electron chi connectivity index (χ1n) is 27.0. The van der Waals surface area contributed by atoms with Crippen LogP contribution in [-0.4, -0.2) is 103 Å². The fourth-order valence-corrected chi connectivity index (χ4v) is 8.46. The smallest absolute Gasteiger partial charge is 0.279 e. The molecule has 2 aromatic rings. The lowest BCUT2D eigenvalue weighted by atomic mass is 10.1. The largest absolute Gasteiger partial charge is 0.466 e. The minimum Gasteiger partial charge on any atom is -0.466 e. The summed E-state index contributed by atoms with van der Waals surface area (Å²) in [6.45, 7) is 34.1. The predicted octanol–water partition coefficient (Wildman–Crippen LogP) is 12.0. The SMILES string of the molecule is C/C=C1/OCC(C)O1.C=C/C=C1\OCC(c2ccccc2)O1.C=C1OCCOCCO1.C=CC1CC12OCCCCO2.C=CC1CC12OCCCO2.C=CC1CC12OCc1ccccc1CO2.CC=C1OCCCCO1. The molecule has 418 valence electrons. The van der Waals surface area contributed by atoms with E-state index in [0.717, 1.165) is 96.6 Å². The van der Waals surface area contributed by atoms with E-state index in [9.17, 15) is 0 Å². The molecule has 0 bridgehead atoms. The monoisotopic (exact) mass is 1060 g/mol. The summed E-state index contributed by atoms with van der Waals surface area (Å²) in [6, 6.07) is 18.3. The van der Waals surface area contributed by atoms with Crippen LogP contribution in [0.25, 0.3) is 0 Å². The predicted molar refractivity (Wildman–Crippen MR) is 288 cm³/mol. The van der Waals surface area contributed by atoms with Gasteiger partial charge in [0.25, 0.3) is 23.8 Å². The van der Waals surface area contributed by atoms with E-state index in [1.165, 1.54) is 11.1 Å². The van der Waals surface area contributed by atoms with Gasteiger partial charge in [-0.15, -0.1) is 19.7 Å². The Morgan fingerprint density at radius 3 is 1.39 bits per heavy atom. The molecular formula is C61H84O15. The molecule has 15 nitrogen and oxygen atoms in total. The van der Waals surface area contributed by atoms with E-state index in [1.807, 2.05) is 93.6 Å². The van der Waals surface area contributed by atoms with Gasteiger partial charge in [-0.25, -0.2) is 0 Å². The van der Waals surface area contributed by atoms with Gasteiger partial charge in [-0.1, -0.05) is 85.5 Å². The molecule has 5 atom stereocenters. The summed E-state index contributed by atoms with van der Waals surface area (Å²) in [7, 11) is 0. The highest BCUT2D eigenvalue weighted by Crippen LogP contribution is 2.52. The normalized spacial score (nSPS) is 27.4. The van der Waals surface area contributed by atoms with Crippen molar-refractivity contribution in [2.75, 3.05) is 79.3 Å². The van der Waals surface area contributed by atoms with Crippen LogP contribution in [0, 0.1) is 17.8 Å². The highest BCUT2D eigenvalue weighted by atomic mass is 16.7. The van der Waals surface area contributed by atoms with E-state index in [2.05, 4.69) is 45.0 Å². The van der Waals surface area contributed by atoms with Crippen LogP contribution in [0.3, 0.4) is 0 Å². The number of fused-ring (bicyclic) bond motifs is 1. The molecule has 7 heterocycles. The van der Waals surface area contributed by atoms with E-state index in [1.54, 1.807) is 12.2 Å². The van der Waals surface area contributed by atoms with Gasteiger partial charge in [0.2, 0.25) is 0 Å². The first-order chi connectivity index (χ1) is 37.1. The molecule has 15 heteroatoms. The second-order valence-corrected chi connectivity index (χ2v) is 19.0. The minimum atomic E-state index is -0.360. The highest BCUT2D eigenvalue weighted by Gasteiger charge is 2.58. The van der Waals surface area contributed by atoms with Gasteiger partial charge in [-0.3, -0.25) is 0 Å². The van der Waals surface area contributed by atoms with Crippen molar-refractivity contribution in [1.82, 2.24) is 0 Å². The third-order valence-corrected chi connectivity index (χ3v) is 13.2. The molecule has 0 aromatic heterocycles. The molecule has 6 saturated heterocycles. The standard InChI is InChI=1S/C13H14O2.C12H12O2.C9H14O2.C8H12O2.C7H12O2.C6H10O3.C6H10O2/c1-2-12-7-13(12)14-8-10-5-3-4-6-11(10)9-15-13;1-2-6-12-13-9-11(14-12)10-7-4-3-5-8-10;1-2-8-7-9(8)10-5-3-4-6-11-9;1-2-7-6-8(7)9-4-3-5-10-8;1-2-7-8-5-3-4-6-9-7;1-6-8-4-2-7-3-5-9-6;1-3-6-7-4-5(2)8-6/h2-6,12H,1,7-9H2;2-8,11H,1,9H2;2,8H,1,3-7H2;2,7H,1,3-6H2;2H,3-6H2,1H3;1-5H2;3,5H,4H2,1-2H3/b;12-6+;;;;;6-3-. The molecule has 0 N–H and O–H groups in total. The Morgan fingerprint density at radius 2 is 0.947 bits per heavy atom. The second-order valence-electron chi connectivity index (χ2n) is 19.0. The van der Waals surface area contributed by atoms with Crippen molar-refractivity contribution in [3.05, 3.63) is 170 Å². The Kier molecular flexibility index (Phi) is 24.9. The van der Waals surface area contributed by atoms with Crippen LogP contribution in [0.15, 0.2) is 154 Å². The Labute approximate surface area is 452 Å². The highest BCUT2D eigenvalue weighted by molar-refractivity contribution is 5.27. The average Bonchev–Trinajstić information content (AvgIpc) is 4.42. The van der Waals surface area contributed by atoms with E-state index >= 15 is 0 Å². The Hall–Kier alpha value is -5.52. The van der Waals surface area contributed by atoms with Crippen LogP contribution in [0.4, 0.5) is 0 Å². The van der Waals surface area contributed by atoms with E-state index in [-0.39, 0.29) is 29.6 Å². The van der Waals surface area contributed by atoms with Crippen molar-refractivity contribution in [1.29, 1.82) is 0 Å². The van der Waals surface area contributed by atoms with Crippen LogP contribution in [0.1, 0.15) is 94.9 Å². The summed E-state index contributed by atoms with van der Waals surface area (Å²) in [5.74, 6) is 2.75. The lowest BCUT2D eigenvalue weighted by Crippen LogP contribution is -2.28. The molecule has 76 heavy (non-hydrogen) atoms. The van der Waals surface area contributed by atoms with Gasteiger partial charge in [0.1, 0.15) is 32.5 Å². The summed E-state index contributed by atoms with van der Waals surface area (Å²) in [5, 5.41) is 0. The average molecular weight is 1060 g/mol. The molecule has 3 aliphatic carbocycles. The van der Waals surface area contributed by atoms with Gasteiger partial charge in [0, 0.05) is 43.1 Å². The van der Waals surface area contributed by atoms with Gasteiger partial charge in [-0.2, -0.15) is 0 Å². The van der Waals surface area contributed by atoms with Crippen molar-refractivity contribution >= 4 is 0 Å². The molecule has 5 unspecified atom stereocenters. The fourth-order valence-electron chi connectivity index (χ4n) is 8.46. The van der Waals surface area contributed by atoms with Crippen LogP contribution < -0.4 is 0 Å². The molecule has 3 spiro atoms. The van der Waals surface area contributed by atoms with Crippen LogP contribution in [0.2, 0.25) is 0 Å². The minimum absolute atomic E-state index is 0.0161. The zero-order valence-electron chi connectivity index (χ0n) is 45.3. The number of allylic oxidation sites excluding steroid dienone is 4. The van der Waals surface area contributed by atoms with Gasteiger partial charge < -0.3 is 71.1 Å². The molecule has 3 saturated carbocycles. The van der Waals surface area contributed by atoms with Crippen LogP contribution in [-0.2, 0) is 84.3 Å². The first kappa shape index (κ1) is 59.7. The number of hydrogen-bond donors (Lipinski definition) is 0. The molecule has 10 aliphatic rings. The number of ether oxygens (including phenoxy) is 15. The zero-order valence-corrected chi connectivity index (χ0v) is 45.3. The fraction of sp³-hybridized carbons (Fsp3) is 0.541. The van der Waals surface area contributed by atoms with E-state index in [4.69, 9.17) is 71.1 Å². The number of hydrogen-bond acceptors (Lipinski definition) is 15. The van der Waals surface area contributed by atoms with E-state index in [0.29, 0.717) is 94.4 Å². The molecule has 9 fully saturated rings. The molecule has 0 amide bonds.